The van der Waals surface area contributed by atoms with E-state index in [1.807, 2.05) is 49.3 Å². The Morgan fingerprint density at radius 1 is 1.26 bits per heavy atom. The first-order valence-corrected chi connectivity index (χ1v) is 10.1. The second kappa shape index (κ2) is 8.13. The standard InChI is InChI=1S/C21H26N2O3S/c1-13-5-10-18-15(11-13)12-19(27-18)21(25)26-14(2)20(24)22-16-6-8-17(9-7-16)23(3)4/h6-9,12-14H,5,10-11H2,1-4H3,(H,22,24). The number of carbonyl (C=O) groups is 2. The number of ether oxygens (including phenoxy) is 1. The first kappa shape index (κ1) is 19.4. The Kier molecular flexibility index (Phi) is 5.85. The predicted octanol–water partition coefficient (Wildman–Crippen LogP) is 4.12. The molecule has 27 heavy (non-hydrogen) atoms. The molecule has 1 heterocycles. The van der Waals surface area contributed by atoms with Gasteiger partial charge in [0, 0.05) is 30.3 Å². The van der Waals surface area contributed by atoms with Crippen molar-refractivity contribution in [2.24, 2.45) is 5.92 Å². The molecule has 3 rings (SSSR count). The number of aryl methyl sites for hydroxylation is 1. The van der Waals surface area contributed by atoms with E-state index < -0.39 is 12.1 Å². The van der Waals surface area contributed by atoms with Gasteiger partial charge in [0.15, 0.2) is 6.10 Å². The molecule has 1 aliphatic carbocycles. The third-order valence-corrected chi connectivity index (χ3v) is 6.05. The Bertz CT molecular complexity index is 826. The summed E-state index contributed by atoms with van der Waals surface area (Å²) in [6, 6.07) is 9.43. The Morgan fingerprint density at radius 2 is 1.96 bits per heavy atom. The van der Waals surface area contributed by atoms with Crippen LogP contribution in [0.2, 0.25) is 0 Å². The van der Waals surface area contributed by atoms with Crippen molar-refractivity contribution < 1.29 is 14.3 Å². The van der Waals surface area contributed by atoms with Gasteiger partial charge in [-0.1, -0.05) is 6.92 Å². The fourth-order valence-corrected chi connectivity index (χ4v) is 4.26. The second-order valence-corrected chi connectivity index (χ2v) is 8.52. The maximum absolute atomic E-state index is 12.4. The molecular weight excluding hydrogens is 360 g/mol. The van der Waals surface area contributed by atoms with Crippen LogP contribution in [0.25, 0.3) is 0 Å². The van der Waals surface area contributed by atoms with Crippen molar-refractivity contribution in [1.82, 2.24) is 0 Å². The van der Waals surface area contributed by atoms with Crippen LogP contribution in [0.15, 0.2) is 30.3 Å². The lowest BCUT2D eigenvalue weighted by molar-refractivity contribution is -0.123. The molecule has 6 heteroatoms. The molecule has 2 aromatic rings. The van der Waals surface area contributed by atoms with E-state index in [1.165, 1.54) is 21.8 Å². The number of nitrogens with zero attached hydrogens (tertiary/aromatic N) is 1. The van der Waals surface area contributed by atoms with Crippen molar-refractivity contribution in [2.75, 3.05) is 24.3 Å². The average molecular weight is 387 g/mol. The highest BCUT2D eigenvalue weighted by atomic mass is 32.1. The summed E-state index contributed by atoms with van der Waals surface area (Å²) in [5.41, 5.74) is 2.97. The van der Waals surface area contributed by atoms with Crippen LogP contribution >= 0.6 is 11.3 Å². The average Bonchev–Trinajstić information content (AvgIpc) is 3.05. The maximum Gasteiger partial charge on any atom is 0.349 e. The summed E-state index contributed by atoms with van der Waals surface area (Å²) in [4.78, 5) is 28.6. The molecule has 0 fully saturated rings. The highest BCUT2D eigenvalue weighted by Gasteiger charge is 2.24. The number of esters is 1. The molecule has 2 unspecified atom stereocenters. The molecule has 0 radical (unpaired) electrons. The zero-order valence-electron chi connectivity index (χ0n) is 16.2. The summed E-state index contributed by atoms with van der Waals surface area (Å²) in [7, 11) is 3.91. The molecule has 2 atom stereocenters. The molecular formula is C21H26N2O3S. The third-order valence-electron chi connectivity index (χ3n) is 4.83. The van der Waals surface area contributed by atoms with Crippen LogP contribution in [-0.4, -0.2) is 32.1 Å². The van der Waals surface area contributed by atoms with Gasteiger partial charge < -0.3 is 15.0 Å². The number of fused-ring (bicyclic) bond motifs is 1. The fourth-order valence-electron chi connectivity index (χ4n) is 3.17. The maximum atomic E-state index is 12.4. The first-order valence-electron chi connectivity index (χ1n) is 9.24. The van der Waals surface area contributed by atoms with Crippen LogP contribution in [0.5, 0.6) is 0 Å². The van der Waals surface area contributed by atoms with Crippen molar-refractivity contribution >= 4 is 34.6 Å². The molecule has 1 aromatic heterocycles. The van der Waals surface area contributed by atoms with Crippen LogP contribution in [0.3, 0.4) is 0 Å². The van der Waals surface area contributed by atoms with Gasteiger partial charge in [0.05, 0.1) is 0 Å². The highest BCUT2D eigenvalue weighted by Crippen LogP contribution is 2.32. The molecule has 0 saturated carbocycles. The van der Waals surface area contributed by atoms with Gasteiger partial charge in [0.2, 0.25) is 0 Å². The van der Waals surface area contributed by atoms with Gasteiger partial charge in [-0.3, -0.25) is 4.79 Å². The number of nitrogens with one attached hydrogen (secondary N) is 1. The topological polar surface area (TPSA) is 58.6 Å². The lowest BCUT2D eigenvalue weighted by Gasteiger charge is -2.16. The molecule has 1 N–H and O–H groups in total. The number of rotatable bonds is 5. The second-order valence-electron chi connectivity index (χ2n) is 7.39. The van der Waals surface area contributed by atoms with E-state index in [1.54, 1.807) is 6.92 Å². The van der Waals surface area contributed by atoms with Crippen molar-refractivity contribution in [2.45, 2.75) is 39.2 Å². The van der Waals surface area contributed by atoms with Gasteiger partial charge in [-0.15, -0.1) is 11.3 Å². The van der Waals surface area contributed by atoms with E-state index >= 15 is 0 Å². The smallest absolute Gasteiger partial charge is 0.349 e. The largest absolute Gasteiger partial charge is 0.448 e. The van der Waals surface area contributed by atoms with Crippen molar-refractivity contribution in [1.29, 1.82) is 0 Å². The van der Waals surface area contributed by atoms with Crippen molar-refractivity contribution in [3.63, 3.8) is 0 Å². The van der Waals surface area contributed by atoms with Gasteiger partial charge >= 0.3 is 5.97 Å². The Balaban J connectivity index is 1.58. The van der Waals surface area contributed by atoms with Crippen molar-refractivity contribution in [3.8, 4) is 0 Å². The molecule has 0 aliphatic heterocycles. The van der Waals surface area contributed by atoms with Crippen LogP contribution in [-0.2, 0) is 22.4 Å². The van der Waals surface area contributed by atoms with E-state index in [4.69, 9.17) is 4.74 Å². The molecule has 0 spiro atoms. The summed E-state index contributed by atoms with van der Waals surface area (Å²) < 4.78 is 5.39. The number of anilines is 2. The number of benzene rings is 1. The number of hydrogen-bond acceptors (Lipinski definition) is 5. The van der Waals surface area contributed by atoms with E-state index in [0.29, 0.717) is 16.5 Å². The van der Waals surface area contributed by atoms with Gasteiger partial charge in [-0.25, -0.2) is 4.79 Å². The molecule has 0 bridgehead atoms. The Hall–Kier alpha value is -2.34. The molecule has 0 saturated heterocycles. The van der Waals surface area contributed by atoms with Gasteiger partial charge in [0.25, 0.3) is 5.91 Å². The van der Waals surface area contributed by atoms with E-state index in [9.17, 15) is 9.59 Å². The predicted molar refractivity (Wildman–Crippen MR) is 110 cm³/mol. The third kappa shape index (κ3) is 4.69. The minimum atomic E-state index is -0.857. The Morgan fingerprint density at radius 3 is 2.63 bits per heavy atom. The van der Waals surface area contributed by atoms with Crippen LogP contribution in [0, 0.1) is 5.92 Å². The van der Waals surface area contributed by atoms with E-state index in [-0.39, 0.29) is 5.91 Å². The SMILES string of the molecule is CC1CCc2sc(C(=O)OC(C)C(=O)Nc3ccc(N(C)C)cc3)cc2C1. The lowest BCUT2D eigenvalue weighted by Crippen LogP contribution is -2.29. The molecule has 1 aromatic carbocycles. The summed E-state index contributed by atoms with van der Waals surface area (Å²) in [6.07, 6.45) is 2.34. The van der Waals surface area contributed by atoms with Gasteiger partial charge in [-0.2, -0.15) is 0 Å². The van der Waals surface area contributed by atoms with Crippen LogP contribution in [0.4, 0.5) is 11.4 Å². The minimum Gasteiger partial charge on any atom is -0.448 e. The number of thiophene rings is 1. The lowest BCUT2D eigenvalue weighted by atomic mass is 9.90. The van der Waals surface area contributed by atoms with Crippen LogP contribution < -0.4 is 10.2 Å². The number of carbonyl (C=O) groups excluding carboxylic acids is 2. The summed E-state index contributed by atoms with van der Waals surface area (Å²) in [5, 5.41) is 2.79. The normalized spacial score (nSPS) is 17.0. The molecule has 1 aliphatic rings. The zero-order chi connectivity index (χ0) is 19.6. The van der Waals surface area contributed by atoms with E-state index in [2.05, 4.69) is 12.2 Å². The number of hydrogen-bond donors (Lipinski definition) is 1. The minimum absolute atomic E-state index is 0.337. The van der Waals surface area contributed by atoms with Crippen molar-refractivity contribution in [3.05, 3.63) is 45.6 Å². The quantitative estimate of drug-likeness (QED) is 0.785. The summed E-state index contributed by atoms with van der Waals surface area (Å²) in [5.74, 6) is -0.108. The molecule has 1 amide bonds. The highest BCUT2D eigenvalue weighted by molar-refractivity contribution is 7.14. The van der Waals surface area contributed by atoms with E-state index in [0.717, 1.165) is 24.9 Å². The number of amides is 1. The molecule has 5 nitrogen and oxygen atoms in total. The first-order chi connectivity index (χ1) is 12.8. The summed E-state index contributed by atoms with van der Waals surface area (Å²) in [6.45, 7) is 3.83. The van der Waals surface area contributed by atoms with Crippen LogP contribution in [0.1, 0.15) is 40.4 Å². The fraction of sp³-hybridized carbons (Fsp3) is 0.429. The summed E-state index contributed by atoms with van der Waals surface area (Å²) >= 11 is 1.50. The zero-order valence-corrected chi connectivity index (χ0v) is 17.1. The Labute approximate surface area is 164 Å². The monoisotopic (exact) mass is 386 g/mol. The molecule has 144 valence electrons. The van der Waals surface area contributed by atoms with Gasteiger partial charge in [-0.05, 0) is 68.0 Å². The van der Waals surface area contributed by atoms with Gasteiger partial charge in [0.1, 0.15) is 4.88 Å².